The van der Waals surface area contributed by atoms with Gasteiger partial charge in [0.25, 0.3) is 5.91 Å². The van der Waals surface area contributed by atoms with E-state index in [1.54, 1.807) is 6.92 Å². The van der Waals surface area contributed by atoms with Gasteiger partial charge in [-0.25, -0.2) is 13.2 Å². The van der Waals surface area contributed by atoms with E-state index >= 15 is 0 Å². The number of aryl methyl sites for hydroxylation is 2. The highest BCUT2D eigenvalue weighted by molar-refractivity contribution is 7.92. The monoisotopic (exact) mass is 563 g/mol. The molecule has 0 bridgehead atoms. The summed E-state index contributed by atoms with van der Waals surface area (Å²) in [5, 5.41) is 2.90. The van der Waals surface area contributed by atoms with E-state index in [-0.39, 0.29) is 6.61 Å². The topological polar surface area (TPSA) is 124 Å². The van der Waals surface area contributed by atoms with Crippen molar-refractivity contribution >= 4 is 65.5 Å². The van der Waals surface area contributed by atoms with Crippen LogP contribution in [0.4, 0.5) is 5.00 Å². The highest BCUT2D eigenvalue weighted by Gasteiger charge is 2.28. The van der Waals surface area contributed by atoms with Gasteiger partial charge in [-0.15, -0.1) is 11.3 Å². The first-order valence-corrected chi connectivity index (χ1v) is 15.7. The Hall–Kier alpha value is -2.83. The summed E-state index contributed by atoms with van der Waals surface area (Å²) in [6, 6.07) is 7.58. The number of amides is 2. The van der Waals surface area contributed by atoms with E-state index in [0.29, 0.717) is 28.3 Å². The van der Waals surface area contributed by atoms with Crippen molar-refractivity contribution in [1.29, 1.82) is 0 Å². The molecule has 1 aromatic carbocycles. The number of benzene rings is 1. The maximum absolute atomic E-state index is 12.7. The van der Waals surface area contributed by atoms with Crippen LogP contribution in [-0.4, -0.2) is 48.9 Å². The highest BCUT2D eigenvalue weighted by atomic mass is 32.2. The van der Waals surface area contributed by atoms with Crippen LogP contribution in [0, 0.1) is 0 Å². The van der Waals surface area contributed by atoms with Gasteiger partial charge in [-0.1, -0.05) is 29.9 Å². The highest BCUT2D eigenvalue weighted by Crippen LogP contribution is 2.38. The van der Waals surface area contributed by atoms with Gasteiger partial charge < -0.3 is 14.6 Å². The Morgan fingerprint density at radius 1 is 1.05 bits per heavy atom. The number of ether oxygens (including phenoxy) is 1. The quantitative estimate of drug-likeness (QED) is 0.329. The number of thiophene rings is 1. The van der Waals surface area contributed by atoms with Crippen LogP contribution in [0.1, 0.15) is 53.9 Å². The van der Waals surface area contributed by atoms with Crippen LogP contribution in [0.25, 0.3) is 10.2 Å². The molecule has 12 heteroatoms. The number of thiazole rings is 1. The Morgan fingerprint density at radius 2 is 1.81 bits per heavy atom. The molecule has 2 heterocycles. The van der Waals surface area contributed by atoms with Crippen LogP contribution < -0.4 is 10.1 Å². The smallest absolute Gasteiger partial charge is 0.341 e. The first-order chi connectivity index (χ1) is 17.7. The number of anilines is 1. The number of carbonyl (C=O) groups is 3. The molecule has 1 aliphatic carbocycles. The Morgan fingerprint density at radius 3 is 2.57 bits per heavy atom. The predicted octanol–water partition coefficient (Wildman–Crippen LogP) is 3.71. The molecule has 0 spiro atoms. The number of aromatic nitrogens is 1. The molecule has 0 radical (unpaired) electrons. The van der Waals surface area contributed by atoms with Gasteiger partial charge in [0.2, 0.25) is 5.91 Å². The zero-order chi connectivity index (χ0) is 26.6. The lowest BCUT2D eigenvalue weighted by atomic mass is 10.1. The number of fused-ring (bicyclic) bond motifs is 2. The fourth-order valence-corrected chi connectivity index (χ4v) is 7.82. The van der Waals surface area contributed by atoms with Crippen LogP contribution in [0.15, 0.2) is 29.3 Å². The van der Waals surface area contributed by atoms with Gasteiger partial charge in [-0.3, -0.25) is 9.59 Å². The number of hydrogen-bond donors (Lipinski definition) is 1. The standard InChI is InChI=1S/C25H29N3O6S3/c1-3-28-17-11-8-9-13-19(17)36-25(28)27-21(30)15-37(32,33)14-20(29)26-23-22(24(31)34-4-2)16-10-6-5-7-12-18(16)35-23/h8-9,11,13H,3-7,10,12,14-15H2,1-2H3,(H,26,29). The van der Waals surface area contributed by atoms with Gasteiger partial charge in [0, 0.05) is 11.4 Å². The summed E-state index contributed by atoms with van der Waals surface area (Å²) >= 11 is 2.59. The van der Waals surface area contributed by atoms with E-state index in [0.717, 1.165) is 46.3 Å². The van der Waals surface area contributed by atoms with Crippen LogP contribution in [-0.2, 0) is 43.5 Å². The average Bonchev–Trinajstić information content (AvgIpc) is 3.25. The van der Waals surface area contributed by atoms with Gasteiger partial charge in [0.1, 0.15) is 16.5 Å². The molecule has 0 saturated carbocycles. The Labute approximate surface area is 223 Å². The van der Waals surface area contributed by atoms with Crippen LogP contribution >= 0.6 is 22.7 Å². The molecule has 2 amide bonds. The second-order valence-electron chi connectivity index (χ2n) is 8.67. The summed E-state index contributed by atoms with van der Waals surface area (Å²) in [6.07, 6.45) is 4.48. The Kier molecular flexibility index (Phi) is 8.60. The first-order valence-electron chi connectivity index (χ1n) is 12.2. The molecule has 3 aromatic rings. The fraction of sp³-hybridized carbons (Fsp3) is 0.440. The van der Waals surface area contributed by atoms with Crippen molar-refractivity contribution in [2.75, 3.05) is 23.4 Å². The molecule has 0 fully saturated rings. The molecule has 2 aromatic heterocycles. The molecule has 0 atom stereocenters. The van der Waals surface area contributed by atoms with E-state index in [1.165, 1.54) is 22.7 Å². The normalized spacial score (nSPS) is 14.3. The van der Waals surface area contributed by atoms with Gasteiger partial charge >= 0.3 is 5.97 Å². The van der Waals surface area contributed by atoms with E-state index in [2.05, 4.69) is 10.3 Å². The number of nitrogens with zero attached hydrogens (tertiary/aromatic N) is 2. The number of carbonyl (C=O) groups excluding carboxylic acids is 3. The lowest BCUT2D eigenvalue weighted by molar-refractivity contribution is -0.115. The number of nitrogens with one attached hydrogen (secondary N) is 1. The summed E-state index contributed by atoms with van der Waals surface area (Å²) in [4.78, 5) is 43.4. The van der Waals surface area contributed by atoms with E-state index in [4.69, 9.17) is 4.74 Å². The van der Waals surface area contributed by atoms with E-state index in [1.807, 2.05) is 35.8 Å². The number of rotatable bonds is 8. The largest absolute Gasteiger partial charge is 0.462 e. The van der Waals surface area contributed by atoms with Crippen molar-refractivity contribution in [3.63, 3.8) is 0 Å². The zero-order valence-corrected chi connectivity index (χ0v) is 23.2. The number of sulfone groups is 1. The molecule has 0 saturated heterocycles. The maximum Gasteiger partial charge on any atom is 0.341 e. The minimum absolute atomic E-state index is 0.189. The van der Waals surface area contributed by atoms with Crippen molar-refractivity contribution in [3.8, 4) is 0 Å². The van der Waals surface area contributed by atoms with Crippen molar-refractivity contribution in [2.45, 2.75) is 52.5 Å². The third kappa shape index (κ3) is 6.36. The molecule has 1 aliphatic rings. The molecule has 1 N–H and O–H groups in total. The van der Waals surface area contributed by atoms with E-state index in [9.17, 15) is 22.8 Å². The molecule has 37 heavy (non-hydrogen) atoms. The second-order valence-corrected chi connectivity index (χ2v) is 12.9. The first kappa shape index (κ1) is 27.2. The third-order valence-electron chi connectivity index (χ3n) is 5.97. The second kappa shape index (κ2) is 11.7. The summed E-state index contributed by atoms with van der Waals surface area (Å²) < 4.78 is 33.4. The average molecular weight is 564 g/mol. The van der Waals surface area contributed by atoms with Crippen LogP contribution in [0.5, 0.6) is 0 Å². The SMILES string of the molecule is CCOC(=O)c1c(NC(=O)CS(=O)(=O)CC(=O)N=c2sc3ccccc3n2CC)sc2c1CCCCC2. The third-order valence-corrected chi connectivity index (χ3v) is 9.63. The van der Waals surface area contributed by atoms with Crippen LogP contribution in [0.2, 0.25) is 0 Å². The Bertz CT molecular complexity index is 1510. The lowest BCUT2D eigenvalue weighted by Crippen LogP contribution is -2.28. The summed E-state index contributed by atoms with van der Waals surface area (Å²) in [7, 11) is -4.09. The number of esters is 1. The molecular formula is C25H29N3O6S3. The van der Waals surface area contributed by atoms with Crippen molar-refractivity contribution in [2.24, 2.45) is 4.99 Å². The summed E-state index contributed by atoms with van der Waals surface area (Å²) in [6.45, 7) is 4.38. The van der Waals surface area contributed by atoms with Crippen molar-refractivity contribution in [3.05, 3.63) is 45.1 Å². The number of hydrogen-bond acceptors (Lipinski definition) is 8. The summed E-state index contributed by atoms with van der Waals surface area (Å²) in [5.41, 5.74) is 2.10. The molecule has 198 valence electrons. The molecule has 4 rings (SSSR count). The van der Waals surface area contributed by atoms with E-state index < -0.39 is 39.1 Å². The Balaban J connectivity index is 1.50. The number of para-hydroxylation sites is 1. The van der Waals surface area contributed by atoms with Crippen LogP contribution in [0.3, 0.4) is 0 Å². The van der Waals surface area contributed by atoms with Gasteiger partial charge in [0.15, 0.2) is 14.6 Å². The predicted molar refractivity (Wildman–Crippen MR) is 145 cm³/mol. The van der Waals surface area contributed by atoms with Gasteiger partial charge in [-0.05, 0) is 57.2 Å². The van der Waals surface area contributed by atoms with Gasteiger partial charge in [-0.2, -0.15) is 4.99 Å². The van der Waals surface area contributed by atoms with Gasteiger partial charge in [0.05, 0.1) is 22.4 Å². The van der Waals surface area contributed by atoms with Crippen molar-refractivity contribution < 1.29 is 27.5 Å². The summed E-state index contributed by atoms with van der Waals surface area (Å²) in [5.74, 6) is -3.94. The zero-order valence-electron chi connectivity index (χ0n) is 20.7. The lowest BCUT2D eigenvalue weighted by Gasteiger charge is -2.08. The molecular weight excluding hydrogens is 534 g/mol. The molecule has 9 nitrogen and oxygen atoms in total. The maximum atomic E-state index is 12.7. The molecule has 0 unspecified atom stereocenters. The minimum Gasteiger partial charge on any atom is -0.462 e. The van der Waals surface area contributed by atoms with Crippen molar-refractivity contribution in [1.82, 2.24) is 4.57 Å². The fourth-order valence-electron chi connectivity index (χ4n) is 4.40. The molecule has 0 aliphatic heterocycles. The minimum atomic E-state index is -4.09.